The zero-order chi connectivity index (χ0) is 22.9. The van der Waals surface area contributed by atoms with Crippen LogP contribution in [0.5, 0.6) is 0 Å². The van der Waals surface area contributed by atoms with Crippen molar-refractivity contribution in [1.29, 1.82) is 0 Å². The van der Waals surface area contributed by atoms with Crippen LogP contribution in [0.25, 0.3) is 10.9 Å². The number of halogens is 1. The Morgan fingerprint density at radius 3 is 2.82 bits per heavy atom. The van der Waals surface area contributed by atoms with Gasteiger partial charge in [0, 0.05) is 49.6 Å². The molecule has 1 atom stereocenters. The highest BCUT2D eigenvalue weighted by atomic mass is 19.1. The standard InChI is InChI=1S/C25H25FN4O3/c26-19-7-8-21-20(13-19)17(14-28-21)9-10-27-23(31)6-3-11-29-24(32)22-12-16-4-1-2-5-18(16)15-30(22)25(29)33/h1-2,4-5,7-8,13-14,22,28H,3,6,9-12,15H2,(H,27,31)/t22-/m1/s1. The molecule has 7 nitrogen and oxygen atoms in total. The second kappa shape index (κ2) is 8.69. The van der Waals surface area contributed by atoms with Gasteiger partial charge < -0.3 is 15.2 Å². The Kier molecular flexibility index (Phi) is 5.58. The van der Waals surface area contributed by atoms with Crippen molar-refractivity contribution in [3.05, 3.63) is 71.2 Å². The van der Waals surface area contributed by atoms with Crippen LogP contribution in [0.1, 0.15) is 29.5 Å². The Bertz CT molecular complexity index is 1190. The number of nitrogens with one attached hydrogen (secondary N) is 2. The molecule has 2 aliphatic heterocycles. The van der Waals surface area contributed by atoms with Crippen molar-refractivity contribution >= 4 is 28.7 Å². The number of nitrogens with zero attached hydrogens (tertiary/aromatic N) is 2. The SMILES string of the molecule is O=C(CCCN1C(=O)[C@H]2Cc3ccccc3CN2C1=O)NCCc1c[nH]c2ccc(F)cc12. The van der Waals surface area contributed by atoms with Crippen molar-refractivity contribution in [2.45, 2.75) is 38.3 Å². The van der Waals surface area contributed by atoms with Crippen molar-refractivity contribution in [2.75, 3.05) is 13.1 Å². The van der Waals surface area contributed by atoms with Gasteiger partial charge in [0.2, 0.25) is 5.91 Å². The first kappa shape index (κ1) is 21.2. The highest BCUT2D eigenvalue weighted by molar-refractivity contribution is 6.04. The Balaban J connectivity index is 1.09. The minimum absolute atomic E-state index is 0.134. The molecule has 170 valence electrons. The fourth-order valence-electron chi connectivity index (χ4n) is 4.76. The summed E-state index contributed by atoms with van der Waals surface area (Å²) in [5.41, 5.74) is 3.99. The number of aromatic nitrogens is 1. The molecule has 3 aromatic rings. The minimum atomic E-state index is -0.442. The van der Waals surface area contributed by atoms with Crippen LogP contribution in [0.4, 0.5) is 9.18 Å². The lowest BCUT2D eigenvalue weighted by Crippen LogP contribution is -2.39. The van der Waals surface area contributed by atoms with E-state index in [1.165, 1.54) is 17.0 Å². The molecule has 3 heterocycles. The smallest absolute Gasteiger partial charge is 0.327 e. The highest BCUT2D eigenvalue weighted by Crippen LogP contribution is 2.30. The summed E-state index contributed by atoms with van der Waals surface area (Å²) in [7, 11) is 0. The molecule has 0 spiro atoms. The Labute approximate surface area is 190 Å². The number of aromatic amines is 1. The predicted octanol–water partition coefficient (Wildman–Crippen LogP) is 3.14. The molecule has 0 aliphatic carbocycles. The van der Waals surface area contributed by atoms with E-state index >= 15 is 0 Å². The quantitative estimate of drug-likeness (QED) is 0.545. The molecular formula is C25H25FN4O3. The molecule has 2 aliphatic rings. The summed E-state index contributed by atoms with van der Waals surface area (Å²) in [6, 6.07) is 11.8. The van der Waals surface area contributed by atoms with Gasteiger partial charge >= 0.3 is 6.03 Å². The van der Waals surface area contributed by atoms with E-state index in [9.17, 15) is 18.8 Å². The van der Waals surface area contributed by atoms with Gasteiger partial charge in [-0.05, 0) is 47.7 Å². The number of hydrogen-bond donors (Lipinski definition) is 2. The summed E-state index contributed by atoms with van der Waals surface area (Å²) in [4.78, 5) is 43.8. The zero-order valence-corrected chi connectivity index (χ0v) is 18.1. The molecule has 4 amide bonds. The lowest BCUT2D eigenvalue weighted by Gasteiger charge is -2.28. The molecule has 0 bridgehead atoms. The fraction of sp³-hybridized carbons (Fsp3) is 0.320. The number of carbonyl (C=O) groups is 3. The fourth-order valence-corrected chi connectivity index (χ4v) is 4.76. The van der Waals surface area contributed by atoms with Crippen LogP contribution >= 0.6 is 0 Å². The number of carbonyl (C=O) groups excluding carboxylic acids is 3. The van der Waals surface area contributed by atoms with Gasteiger partial charge in [-0.1, -0.05) is 24.3 Å². The second-order valence-corrected chi connectivity index (χ2v) is 8.60. The van der Waals surface area contributed by atoms with Crippen LogP contribution in [0.15, 0.2) is 48.7 Å². The maximum Gasteiger partial charge on any atom is 0.327 e. The molecular weight excluding hydrogens is 423 g/mol. The number of H-pyrrole nitrogens is 1. The summed E-state index contributed by atoms with van der Waals surface area (Å²) >= 11 is 0. The normalized spacial score (nSPS) is 17.4. The number of imide groups is 1. The number of rotatable bonds is 7. The van der Waals surface area contributed by atoms with E-state index in [4.69, 9.17) is 0 Å². The second-order valence-electron chi connectivity index (χ2n) is 8.60. The van der Waals surface area contributed by atoms with Crippen LogP contribution in [0, 0.1) is 5.82 Å². The molecule has 2 aromatic carbocycles. The van der Waals surface area contributed by atoms with Crippen LogP contribution in [-0.4, -0.2) is 51.8 Å². The summed E-state index contributed by atoms with van der Waals surface area (Å²) in [6.45, 7) is 1.11. The van der Waals surface area contributed by atoms with E-state index in [0.717, 1.165) is 27.6 Å². The molecule has 8 heteroatoms. The summed E-state index contributed by atoms with van der Waals surface area (Å²) in [5.74, 6) is -0.606. The first-order valence-electron chi connectivity index (χ1n) is 11.2. The Hall–Kier alpha value is -3.68. The summed E-state index contributed by atoms with van der Waals surface area (Å²) in [5, 5.41) is 3.68. The van der Waals surface area contributed by atoms with Crippen molar-refractivity contribution < 1.29 is 18.8 Å². The Morgan fingerprint density at radius 1 is 1.15 bits per heavy atom. The minimum Gasteiger partial charge on any atom is -0.361 e. The molecule has 1 aromatic heterocycles. The summed E-state index contributed by atoms with van der Waals surface area (Å²) in [6.07, 6.45) is 3.58. The van der Waals surface area contributed by atoms with Gasteiger partial charge in [0.05, 0.1) is 0 Å². The van der Waals surface area contributed by atoms with E-state index < -0.39 is 6.04 Å². The average Bonchev–Trinajstić information content (AvgIpc) is 3.31. The highest BCUT2D eigenvalue weighted by Gasteiger charge is 2.46. The molecule has 0 radical (unpaired) electrons. The van der Waals surface area contributed by atoms with Crippen LogP contribution < -0.4 is 5.32 Å². The van der Waals surface area contributed by atoms with Crippen LogP contribution in [0.3, 0.4) is 0 Å². The van der Waals surface area contributed by atoms with E-state index in [2.05, 4.69) is 10.3 Å². The zero-order valence-electron chi connectivity index (χ0n) is 18.1. The van der Waals surface area contributed by atoms with Gasteiger partial charge in [0.25, 0.3) is 5.91 Å². The van der Waals surface area contributed by atoms with Gasteiger partial charge in [0.1, 0.15) is 11.9 Å². The monoisotopic (exact) mass is 448 g/mol. The van der Waals surface area contributed by atoms with Crippen molar-refractivity contribution in [2.24, 2.45) is 0 Å². The van der Waals surface area contributed by atoms with Gasteiger partial charge in [0.15, 0.2) is 0 Å². The molecule has 33 heavy (non-hydrogen) atoms. The van der Waals surface area contributed by atoms with Gasteiger partial charge in [-0.3, -0.25) is 14.5 Å². The number of hydrogen-bond acceptors (Lipinski definition) is 3. The molecule has 0 saturated carbocycles. The topological polar surface area (TPSA) is 85.5 Å². The van der Waals surface area contributed by atoms with E-state index in [1.807, 2.05) is 30.5 Å². The predicted molar refractivity (Wildman–Crippen MR) is 121 cm³/mol. The maximum atomic E-state index is 13.5. The van der Waals surface area contributed by atoms with Crippen molar-refractivity contribution in [1.82, 2.24) is 20.1 Å². The first-order chi connectivity index (χ1) is 16.0. The third-order valence-electron chi connectivity index (χ3n) is 6.51. The average molecular weight is 448 g/mol. The third kappa shape index (κ3) is 4.08. The lowest BCUT2D eigenvalue weighted by atomic mass is 9.95. The molecule has 1 saturated heterocycles. The summed E-state index contributed by atoms with van der Waals surface area (Å²) < 4.78 is 13.5. The molecule has 1 fully saturated rings. The largest absolute Gasteiger partial charge is 0.361 e. The molecule has 2 N–H and O–H groups in total. The van der Waals surface area contributed by atoms with E-state index in [1.54, 1.807) is 11.0 Å². The third-order valence-corrected chi connectivity index (χ3v) is 6.51. The van der Waals surface area contributed by atoms with Crippen molar-refractivity contribution in [3.8, 4) is 0 Å². The first-order valence-corrected chi connectivity index (χ1v) is 11.2. The Morgan fingerprint density at radius 2 is 1.97 bits per heavy atom. The van der Waals surface area contributed by atoms with Gasteiger partial charge in [-0.25, -0.2) is 9.18 Å². The van der Waals surface area contributed by atoms with Crippen LogP contribution in [-0.2, 0) is 29.0 Å². The molecule has 0 unspecified atom stereocenters. The number of urea groups is 1. The van der Waals surface area contributed by atoms with E-state index in [-0.39, 0.29) is 36.6 Å². The van der Waals surface area contributed by atoms with E-state index in [0.29, 0.717) is 32.4 Å². The number of benzene rings is 2. The van der Waals surface area contributed by atoms with Crippen molar-refractivity contribution in [3.63, 3.8) is 0 Å². The van der Waals surface area contributed by atoms with Crippen LogP contribution in [0.2, 0.25) is 0 Å². The lowest BCUT2D eigenvalue weighted by molar-refractivity contribution is -0.129. The number of amides is 4. The molecule has 5 rings (SSSR count). The maximum absolute atomic E-state index is 13.5. The van der Waals surface area contributed by atoms with Gasteiger partial charge in [-0.15, -0.1) is 0 Å². The van der Waals surface area contributed by atoms with Gasteiger partial charge in [-0.2, -0.15) is 0 Å². The number of fused-ring (bicyclic) bond motifs is 3.